The summed E-state index contributed by atoms with van der Waals surface area (Å²) in [6.07, 6.45) is 1.79. The van der Waals surface area contributed by atoms with Crippen LogP contribution in [-0.4, -0.2) is 40.4 Å². The Balaban J connectivity index is 2.06. The van der Waals surface area contributed by atoms with Crippen LogP contribution in [0.15, 0.2) is 16.7 Å². The van der Waals surface area contributed by atoms with Crippen LogP contribution in [0.1, 0.15) is 10.5 Å². The summed E-state index contributed by atoms with van der Waals surface area (Å²) in [5.41, 5.74) is 0.666. The van der Waals surface area contributed by atoms with E-state index in [1.54, 1.807) is 6.20 Å². The SMILES string of the molecule is O=C(c1cc(Br)c[nH]1)N1CCSSCC1. The van der Waals surface area contributed by atoms with Gasteiger partial charge in [0.15, 0.2) is 0 Å². The predicted octanol–water partition coefficient (Wildman–Crippen LogP) is 2.61. The van der Waals surface area contributed by atoms with Gasteiger partial charge in [-0.2, -0.15) is 0 Å². The van der Waals surface area contributed by atoms with Crippen LogP contribution in [0.2, 0.25) is 0 Å². The third-order valence-corrected chi connectivity index (χ3v) is 4.96. The van der Waals surface area contributed by atoms with Gasteiger partial charge in [0.1, 0.15) is 5.69 Å². The van der Waals surface area contributed by atoms with E-state index in [9.17, 15) is 4.79 Å². The highest BCUT2D eigenvalue weighted by Gasteiger charge is 2.18. The number of nitrogens with one attached hydrogen (secondary N) is 1. The largest absolute Gasteiger partial charge is 0.356 e. The van der Waals surface area contributed by atoms with E-state index in [4.69, 9.17) is 0 Å². The summed E-state index contributed by atoms with van der Waals surface area (Å²) in [6.45, 7) is 1.68. The quantitative estimate of drug-likeness (QED) is 0.810. The maximum atomic E-state index is 12.0. The molecule has 0 saturated carbocycles. The molecule has 0 aromatic carbocycles. The van der Waals surface area contributed by atoms with Gasteiger partial charge in [0.05, 0.1) is 0 Å². The third-order valence-electron chi connectivity index (χ3n) is 2.14. The smallest absolute Gasteiger partial charge is 0.270 e. The minimum absolute atomic E-state index is 0.101. The van der Waals surface area contributed by atoms with E-state index >= 15 is 0 Å². The summed E-state index contributed by atoms with van der Waals surface area (Å²) in [5, 5.41) is 0. The van der Waals surface area contributed by atoms with Gasteiger partial charge in [-0.15, -0.1) is 0 Å². The molecule has 1 aromatic heterocycles. The van der Waals surface area contributed by atoms with Crippen molar-refractivity contribution in [3.05, 3.63) is 22.4 Å². The number of aromatic nitrogens is 1. The Hall–Kier alpha value is -0.0700. The maximum Gasteiger partial charge on any atom is 0.270 e. The van der Waals surface area contributed by atoms with Gasteiger partial charge in [0, 0.05) is 35.3 Å². The van der Waals surface area contributed by atoms with Gasteiger partial charge >= 0.3 is 0 Å². The molecular weight excluding hydrogens is 296 g/mol. The highest BCUT2D eigenvalue weighted by Crippen LogP contribution is 2.24. The number of nitrogens with zero attached hydrogens (tertiary/aromatic N) is 1. The molecule has 1 amide bonds. The predicted molar refractivity (Wildman–Crippen MR) is 69.3 cm³/mol. The summed E-state index contributed by atoms with van der Waals surface area (Å²) in [7, 11) is 3.68. The van der Waals surface area contributed by atoms with Crippen LogP contribution in [-0.2, 0) is 0 Å². The number of amides is 1. The van der Waals surface area contributed by atoms with Crippen molar-refractivity contribution >= 4 is 43.4 Å². The lowest BCUT2D eigenvalue weighted by Crippen LogP contribution is -2.33. The first-order chi connectivity index (χ1) is 7.27. The van der Waals surface area contributed by atoms with Crippen molar-refractivity contribution in [2.75, 3.05) is 24.6 Å². The standard InChI is InChI=1S/C9H11BrN2OS2/c10-7-5-8(11-6-7)9(13)12-1-3-14-15-4-2-12/h5-6,11H,1-4H2. The van der Waals surface area contributed by atoms with E-state index < -0.39 is 0 Å². The van der Waals surface area contributed by atoms with Crippen LogP contribution >= 0.6 is 37.5 Å². The molecule has 2 heterocycles. The Labute approximate surface area is 105 Å². The van der Waals surface area contributed by atoms with Gasteiger partial charge in [-0.1, -0.05) is 21.6 Å². The van der Waals surface area contributed by atoms with Crippen LogP contribution < -0.4 is 0 Å². The molecule has 1 aromatic rings. The molecule has 2 rings (SSSR count). The monoisotopic (exact) mass is 306 g/mol. The number of carbonyl (C=O) groups is 1. The minimum Gasteiger partial charge on any atom is -0.356 e. The van der Waals surface area contributed by atoms with E-state index in [2.05, 4.69) is 20.9 Å². The van der Waals surface area contributed by atoms with E-state index in [-0.39, 0.29) is 5.91 Å². The van der Waals surface area contributed by atoms with E-state index in [1.807, 2.05) is 32.6 Å². The van der Waals surface area contributed by atoms with E-state index in [0.29, 0.717) is 5.69 Å². The van der Waals surface area contributed by atoms with Crippen LogP contribution in [0, 0.1) is 0 Å². The molecule has 0 aliphatic carbocycles. The lowest BCUT2D eigenvalue weighted by molar-refractivity contribution is 0.0771. The summed E-state index contributed by atoms with van der Waals surface area (Å²) in [4.78, 5) is 16.9. The van der Waals surface area contributed by atoms with Gasteiger partial charge in [-0.25, -0.2) is 0 Å². The summed E-state index contributed by atoms with van der Waals surface area (Å²) in [6, 6.07) is 1.83. The first-order valence-electron chi connectivity index (χ1n) is 4.65. The molecule has 3 nitrogen and oxygen atoms in total. The van der Waals surface area contributed by atoms with Gasteiger partial charge in [0.2, 0.25) is 0 Å². The average Bonchev–Trinajstić information content (AvgIpc) is 2.53. The fourth-order valence-corrected chi connectivity index (χ4v) is 3.71. The zero-order valence-electron chi connectivity index (χ0n) is 8.03. The molecule has 0 radical (unpaired) electrons. The first kappa shape index (κ1) is 11.4. The fourth-order valence-electron chi connectivity index (χ4n) is 1.39. The second-order valence-electron chi connectivity index (χ2n) is 3.17. The number of rotatable bonds is 1. The zero-order valence-corrected chi connectivity index (χ0v) is 11.3. The van der Waals surface area contributed by atoms with Gasteiger partial charge in [0.25, 0.3) is 5.91 Å². The van der Waals surface area contributed by atoms with Crippen molar-refractivity contribution < 1.29 is 4.79 Å². The molecule has 6 heteroatoms. The average molecular weight is 307 g/mol. The molecule has 1 saturated heterocycles. The number of H-pyrrole nitrogens is 1. The van der Waals surface area contributed by atoms with Crippen LogP contribution in [0.4, 0.5) is 0 Å². The molecule has 1 N–H and O–H groups in total. The third kappa shape index (κ3) is 2.95. The summed E-state index contributed by atoms with van der Waals surface area (Å²) >= 11 is 3.33. The Bertz CT molecular complexity index is 348. The lowest BCUT2D eigenvalue weighted by Gasteiger charge is -2.18. The number of hydrogen-bond acceptors (Lipinski definition) is 3. The maximum absolute atomic E-state index is 12.0. The Kier molecular flexibility index (Phi) is 4.05. The van der Waals surface area contributed by atoms with Crippen molar-refractivity contribution in [3.63, 3.8) is 0 Å². The van der Waals surface area contributed by atoms with Crippen molar-refractivity contribution in [2.45, 2.75) is 0 Å². The van der Waals surface area contributed by atoms with Crippen molar-refractivity contribution in [3.8, 4) is 0 Å². The number of aromatic amines is 1. The summed E-state index contributed by atoms with van der Waals surface area (Å²) < 4.78 is 0.921. The highest BCUT2D eigenvalue weighted by molar-refractivity contribution is 9.10. The molecule has 0 bridgehead atoms. The molecular formula is C9H11BrN2OS2. The molecule has 1 aliphatic heterocycles. The molecule has 1 fully saturated rings. The highest BCUT2D eigenvalue weighted by atomic mass is 79.9. The minimum atomic E-state index is 0.101. The molecule has 0 spiro atoms. The Morgan fingerprint density at radius 3 is 2.60 bits per heavy atom. The van der Waals surface area contributed by atoms with E-state index in [0.717, 1.165) is 29.1 Å². The van der Waals surface area contributed by atoms with Crippen LogP contribution in [0.5, 0.6) is 0 Å². The zero-order chi connectivity index (χ0) is 10.7. The number of hydrogen-bond donors (Lipinski definition) is 1. The molecule has 15 heavy (non-hydrogen) atoms. The Morgan fingerprint density at radius 2 is 2.07 bits per heavy atom. The topological polar surface area (TPSA) is 36.1 Å². The molecule has 1 aliphatic rings. The number of carbonyl (C=O) groups excluding carboxylic acids is 1. The molecule has 0 unspecified atom stereocenters. The fraction of sp³-hybridized carbons (Fsp3) is 0.444. The first-order valence-corrected chi connectivity index (χ1v) is 7.93. The molecule has 0 atom stereocenters. The lowest BCUT2D eigenvalue weighted by atomic mass is 10.3. The van der Waals surface area contributed by atoms with Crippen molar-refractivity contribution in [2.24, 2.45) is 0 Å². The van der Waals surface area contributed by atoms with Gasteiger partial charge < -0.3 is 9.88 Å². The van der Waals surface area contributed by atoms with E-state index in [1.165, 1.54) is 0 Å². The van der Waals surface area contributed by atoms with Crippen LogP contribution in [0.3, 0.4) is 0 Å². The van der Waals surface area contributed by atoms with Crippen molar-refractivity contribution in [1.82, 2.24) is 9.88 Å². The molecule has 82 valence electrons. The Morgan fingerprint density at radius 1 is 1.40 bits per heavy atom. The normalized spacial score (nSPS) is 17.5. The summed E-state index contributed by atoms with van der Waals surface area (Å²) in [5.74, 6) is 2.13. The van der Waals surface area contributed by atoms with Crippen LogP contribution in [0.25, 0.3) is 0 Å². The second kappa shape index (κ2) is 5.32. The van der Waals surface area contributed by atoms with Crippen molar-refractivity contribution in [1.29, 1.82) is 0 Å². The number of halogens is 1. The second-order valence-corrected chi connectivity index (χ2v) is 6.79. The van der Waals surface area contributed by atoms with Gasteiger partial charge in [-0.05, 0) is 22.0 Å². The van der Waals surface area contributed by atoms with Gasteiger partial charge in [-0.3, -0.25) is 4.79 Å².